The number of hydrogen-bond donors (Lipinski definition) is 0. The standard InChI is InChI=1S/C23H39O2S/c1-6-7-8-12-18-25-23(24)17-13-16-22(21-14-10-9-11-15-21)26(19(2)3)20(4)5/h9-11,14-15,19-20,22H,6-8,12-13,16-18H2,1-5H3/q+1. The fraction of sp³-hybridized carbons (Fsp3) is 0.696. The zero-order chi connectivity index (χ0) is 19.4. The van der Waals surface area contributed by atoms with Gasteiger partial charge in [-0.2, -0.15) is 0 Å². The molecule has 0 fully saturated rings. The Kier molecular flexibility index (Phi) is 11.8. The van der Waals surface area contributed by atoms with Crippen molar-refractivity contribution in [3.05, 3.63) is 35.9 Å². The van der Waals surface area contributed by atoms with E-state index in [1.807, 2.05) is 0 Å². The third-order valence-electron chi connectivity index (χ3n) is 4.70. The van der Waals surface area contributed by atoms with Crippen LogP contribution in [0.15, 0.2) is 30.3 Å². The third kappa shape index (κ3) is 8.62. The van der Waals surface area contributed by atoms with Crippen LogP contribution < -0.4 is 0 Å². The third-order valence-corrected chi connectivity index (χ3v) is 8.04. The van der Waals surface area contributed by atoms with Gasteiger partial charge in [0, 0.05) is 12.0 Å². The summed E-state index contributed by atoms with van der Waals surface area (Å²) in [6, 6.07) is 10.9. The van der Waals surface area contributed by atoms with Crippen molar-refractivity contribution in [3.63, 3.8) is 0 Å². The van der Waals surface area contributed by atoms with E-state index in [1.165, 1.54) is 18.4 Å². The van der Waals surface area contributed by atoms with E-state index in [4.69, 9.17) is 4.74 Å². The molecule has 0 heterocycles. The van der Waals surface area contributed by atoms with Gasteiger partial charge < -0.3 is 4.74 Å². The summed E-state index contributed by atoms with van der Waals surface area (Å²) in [5.41, 5.74) is 1.42. The van der Waals surface area contributed by atoms with E-state index < -0.39 is 0 Å². The van der Waals surface area contributed by atoms with Gasteiger partial charge in [-0.15, -0.1) is 0 Å². The molecule has 2 nitrogen and oxygen atoms in total. The van der Waals surface area contributed by atoms with Gasteiger partial charge in [0.25, 0.3) is 0 Å². The van der Waals surface area contributed by atoms with Crippen LogP contribution in [0.25, 0.3) is 0 Å². The number of rotatable bonds is 13. The van der Waals surface area contributed by atoms with Crippen molar-refractivity contribution in [2.75, 3.05) is 6.61 Å². The Morgan fingerprint density at radius 2 is 1.62 bits per heavy atom. The minimum atomic E-state index is -0.0257. The normalized spacial score (nSPS) is 12.8. The molecule has 0 bridgehead atoms. The number of ether oxygens (including phenoxy) is 1. The van der Waals surface area contributed by atoms with Gasteiger partial charge in [0.05, 0.1) is 6.61 Å². The molecule has 0 saturated heterocycles. The van der Waals surface area contributed by atoms with Crippen molar-refractivity contribution in [1.29, 1.82) is 0 Å². The van der Waals surface area contributed by atoms with E-state index in [9.17, 15) is 4.79 Å². The zero-order valence-electron chi connectivity index (χ0n) is 17.5. The maximum absolute atomic E-state index is 12.0. The van der Waals surface area contributed by atoms with Gasteiger partial charge in [0.2, 0.25) is 0 Å². The Hall–Kier alpha value is -0.960. The number of esters is 1. The molecule has 0 N–H and O–H groups in total. The molecule has 0 aliphatic carbocycles. The monoisotopic (exact) mass is 379 g/mol. The first kappa shape index (κ1) is 23.1. The lowest BCUT2D eigenvalue weighted by Gasteiger charge is -2.25. The van der Waals surface area contributed by atoms with Gasteiger partial charge >= 0.3 is 5.97 Å². The van der Waals surface area contributed by atoms with Crippen molar-refractivity contribution < 1.29 is 9.53 Å². The lowest BCUT2D eigenvalue weighted by atomic mass is 10.1. The average molecular weight is 380 g/mol. The summed E-state index contributed by atoms with van der Waals surface area (Å²) in [6.45, 7) is 12.1. The Morgan fingerprint density at radius 3 is 2.19 bits per heavy atom. The van der Waals surface area contributed by atoms with Crippen LogP contribution >= 0.6 is 0 Å². The Bertz CT molecular complexity index is 476. The van der Waals surface area contributed by atoms with E-state index >= 15 is 0 Å². The summed E-state index contributed by atoms with van der Waals surface area (Å²) in [5, 5.41) is 1.85. The van der Waals surface area contributed by atoms with Crippen molar-refractivity contribution in [1.82, 2.24) is 0 Å². The Morgan fingerprint density at radius 1 is 0.962 bits per heavy atom. The van der Waals surface area contributed by atoms with Gasteiger partial charge in [0.1, 0.15) is 15.7 Å². The fourth-order valence-electron chi connectivity index (χ4n) is 3.55. The van der Waals surface area contributed by atoms with Crippen LogP contribution in [0.3, 0.4) is 0 Å². The molecule has 3 heteroatoms. The second-order valence-corrected chi connectivity index (χ2v) is 10.8. The average Bonchev–Trinajstić information content (AvgIpc) is 2.60. The molecule has 0 aromatic heterocycles. The minimum absolute atomic E-state index is 0.0257. The topological polar surface area (TPSA) is 26.3 Å². The second-order valence-electron chi connectivity index (χ2n) is 7.58. The maximum Gasteiger partial charge on any atom is 0.305 e. The SMILES string of the molecule is CCCCCCOC(=O)CCCC(c1ccccc1)[S+](C(C)C)C(C)C. The molecule has 0 saturated carbocycles. The highest BCUT2D eigenvalue weighted by Crippen LogP contribution is 2.35. The Labute approximate surface area is 164 Å². The number of hydrogen-bond acceptors (Lipinski definition) is 2. The molecule has 1 rings (SSSR count). The molecule has 148 valence electrons. The maximum atomic E-state index is 12.0. The molecular weight excluding hydrogens is 340 g/mol. The smallest absolute Gasteiger partial charge is 0.305 e. The fourth-order valence-corrected chi connectivity index (χ4v) is 6.86. The van der Waals surface area contributed by atoms with Gasteiger partial charge in [-0.3, -0.25) is 4.79 Å². The lowest BCUT2D eigenvalue weighted by Crippen LogP contribution is -2.30. The summed E-state index contributed by atoms with van der Waals surface area (Å²) in [7, 11) is 0.307. The molecule has 0 spiro atoms. The van der Waals surface area contributed by atoms with Crippen LogP contribution in [-0.4, -0.2) is 23.1 Å². The predicted octanol–water partition coefficient (Wildman–Crippen LogP) is 6.46. The highest BCUT2D eigenvalue weighted by atomic mass is 32.2. The molecule has 0 aliphatic rings. The molecule has 1 unspecified atom stereocenters. The van der Waals surface area contributed by atoms with Crippen LogP contribution in [0, 0.1) is 0 Å². The molecule has 0 amide bonds. The number of carbonyl (C=O) groups is 1. The first-order valence-corrected chi connectivity index (χ1v) is 11.8. The number of benzene rings is 1. The molecule has 0 radical (unpaired) electrons. The van der Waals surface area contributed by atoms with E-state index in [2.05, 4.69) is 65.0 Å². The molecular formula is C23H39O2S+. The van der Waals surface area contributed by atoms with Crippen LogP contribution in [0.2, 0.25) is 0 Å². The molecule has 1 atom stereocenters. The van der Waals surface area contributed by atoms with Crippen LogP contribution in [-0.2, 0) is 20.4 Å². The molecule has 0 aliphatic heterocycles. The van der Waals surface area contributed by atoms with Crippen molar-refractivity contribution >= 4 is 16.9 Å². The van der Waals surface area contributed by atoms with Gasteiger partial charge in [-0.1, -0.05) is 56.5 Å². The molecule has 1 aromatic carbocycles. The first-order chi connectivity index (χ1) is 12.5. The quantitative estimate of drug-likeness (QED) is 0.223. The second kappa shape index (κ2) is 13.2. The van der Waals surface area contributed by atoms with Gasteiger partial charge in [0.15, 0.2) is 0 Å². The van der Waals surface area contributed by atoms with E-state index in [1.54, 1.807) is 0 Å². The van der Waals surface area contributed by atoms with Crippen molar-refractivity contribution in [2.45, 2.75) is 95.3 Å². The van der Waals surface area contributed by atoms with Gasteiger partial charge in [-0.05, 0) is 57.9 Å². The minimum Gasteiger partial charge on any atom is -0.466 e. The predicted molar refractivity (Wildman–Crippen MR) is 116 cm³/mol. The number of unbranched alkanes of at least 4 members (excludes halogenated alkanes) is 3. The summed E-state index contributed by atoms with van der Waals surface area (Å²) >= 11 is 0. The summed E-state index contributed by atoms with van der Waals surface area (Å²) in [5.74, 6) is -0.0257. The zero-order valence-corrected chi connectivity index (χ0v) is 18.3. The summed E-state index contributed by atoms with van der Waals surface area (Å²) in [4.78, 5) is 12.0. The van der Waals surface area contributed by atoms with Gasteiger partial charge in [-0.25, -0.2) is 0 Å². The highest BCUT2D eigenvalue weighted by Gasteiger charge is 2.37. The first-order valence-electron chi connectivity index (χ1n) is 10.4. The van der Waals surface area contributed by atoms with E-state index in [0.717, 1.165) is 25.7 Å². The number of carbonyl (C=O) groups excluding carboxylic acids is 1. The van der Waals surface area contributed by atoms with Crippen molar-refractivity contribution in [3.8, 4) is 0 Å². The van der Waals surface area contributed by atoms with E-state index in [-0.39, 0.29) is 5.97 Å². The lowest BCUT2D eigenvalue weighted by molar-refractivity contribution is -0.143. The van der Waals surface area contributed by atoms with Crippen LogP contribution in [0.5, 0.6) is 0 Å². The summed E-state index contributed by atoms with van der Waals surface area (Å²) < 4.78 is 5.39. The highest BCUT2D eigenvalue weighted by molar-refractivity contribution is 7.98. The van der Waals surface area contributed by atoms with Crippen molar-refractivity contribution in [2.24, 2.45) is 0 Å². The Balaban J connectivity index is 2.55. The largest absolute Gasteiger partial charge is 0.466 e. The molecule has 1 aromatic rings. The van der Waals surface area contributed by atoms with Crippen LogP contribution in [0.1, 0.15) is 90.4 Å². The summed E-state index contributed by atoms with van der Waals surface area (Å²) in [6.07, 6.45) is 7.11. The van der Waals surface area contributed by atoms with Crippen LogP contribution in [0.4, 0.5) is 0 Å². The van der Waals surface area contributed by atoms with E-state index in [0.29, 0.717) is 39.7 Å². The molecule has 26 heavy (non-hydrogen) atoms.